The molecule has 0 fully saturated rings. The fourth-order valence-corrected chi connectivity index (χ4v) is 4.70. The van der Waals surface area contributed by atoms with Crippen LogP contribution in [0.5, 0.6) is 28.7 Å². The number of carbonyl (C=O) groups excluding carboxylic acids is 1. The largest absolute Gasteiger partial charge is 0.493 e. The number of para-hydroxylation sites is 1. The second-order valence-electron chi connectivity index (χ2n) is 8.32. The first-order chi connectivity index (χ1) is 20.0. The zero-order valence-electron chi connectivity index (χ0n) is 23.4. The van der Waals surface area contributed by atoms with Crippen LogP contribution in [-0.4, -0.2) is 67.7 Å². The van der Waals surface area contributed by atoms with E-state index in [2.05, 4.69) is 20.7 Å². The Labute approximate surface area is 242 Å². The molecule has 1 heterocycles. The van der Waals surface area contributed by atoms with Crippen molar-refractivity contribution in [1.29, 1.82) is 0 Å². The number of nitrogens with zero attached hydrogens (tertiary/aromatic N) is 4. The number of methoxy groups -OCH3 is 4. The summed E-state index contributed by atoms with van der Waals surface area (Å²) in [5.41, 5.74) is 4.82. The van der Waals surface area contributed by atoms with Crippen LogP contribution >= 0.6 is 11.8 Å². The highest BCUT2D eigenvalue weighted by Crippen LogP contribution is 2.41. The monoisotopic (exact) mass is 577 g/mol. The number of hydrogen-bond acceptors (Lipinski definition) is 10. The quantitative estimate of drug-likeness (QED) is 0.138. The Bertz CT molecular complexity index is 1480. The molecule has 0 aliphatic heterocycles. The highest BCUT2D eigenvalue weighted by atomic mass is 32.2. The van der Waals surface area contributed by atoms with E-state index in [0.29, 0.717) is 51.9 Å². The average Bonchev–Trinajstić information content (AvgIpc) is 3.44. The zero-order valence-corrected chi connectivity index (χ0v) is 24.2. The van der Waals surface area contributed by atoms with Crippen molar-refractivity contribution in [3.05, 3.63) is 66.2 Å². The SMILES string of the molecule is CCOc1ccc(/C=N\NC(=O)CSc2nnc(-c3cc(OC)c(OC)c(OC)c3)n2-c2ccccc2)cc1OC. The summed E-state index contributed by atoms with van der Waals surface area (Å²) < 4.78 is 29.3. The molecule has 214 valence electrons. The van der Waals surface area contributed by atoms with E-state index in [-0.39, 0.29) is 11.7 Å². The van der Waals surface area contributed by atoms with Crippen molar-refractivity contribution in [2.75, 3.05) is 40.8 Å². The summed E-state index contributed by atoms with van der Waals surface area (Å²) in [4.78, 5) is 12.6. The van der Waals surface area contributed by atoms with Crippen molar-refractivity contribution in [2.24, 2.45) is 5.10 Å². The van der Waals surface area contributed by atoms with Crippen LogP contribution in [0.3, 0.4) is 0 Å². The van der Waals surface area contributed by atoms with E-state index in [0.717, 1.165) is 11.3 Å². The number of amides is 1. The van der Waals surface area contributed by atoms with Crippen LogP contribution in [0.1, 0.15) is 12.5 Å². The minimum atomic E-state index is -0.305. The molecule has 0 unspecified atom stereocenters. The third-order valence-corrected chi connectivity index (χ3v) is 6.72. The smallest absolute Gasteiger partial charge is 0.250 e. The van der Waals surface area contributed by atoms with Gasteiger partial charge in [0.2, 0.25) is 5.75 Å². The third kappa shape index (κ3) is 6.90. The normalized spacial score (nSPS) is 10.9. The molecule has 11 nitrogen and oxygen atoms in total. The Morgan fingerprint density at radius 3 is 2.24 bits per heavy atom. The summed E-state index contributed by atoms with van der Waals surface area (Å²) in [7, 11) is 6.22. The first kappa shape index (κ1) is 29.3. The molecule has 3 aromatic carbocycles. The maximum absolute atomic E-state index is 12.6. The molecule has 0 aliphatic carbocycles. The molecule has 0 spiro atoms. The number of thioether (sulfide) groups is 1. The number of hydrazone groups is 1. The second kappa shape index (κ2) is 14.1. The van der Waals surface area contributed by atoms with Crippen LogP contribution in [0.25, 0.3) is 17.1 Å². The number of rotatable bonds is 13. The van der Waals surface area contributed by atoms with Gasteiger partial charge in [0.15, 0.2) is 34.0 Å². The van der Waals surface area contributed by atoms with Crippen LogP contribution in [-0.2, 0) is 4.79 Å². The first-order valence-corrected chi connectivity index (χ1v) is 13.6. The molecular formula is C29H31N5O6S. The van der Waals surface area contributed by atoms with E-state index in [1.54, 1.807) is 52.7 Å². The van der Waals surface area contributed by atoms with Crippen molar-refractivity contribution in [1.82, 2.24) is 20.2 Å². The molecule has 4 rings (SSSR count). The average molecular weight is 578 g/mol. The topological polar surface area (TPSA) is 118 Å². The fraction of sp³-hybridized carbons (Fsp3) is 0.241. The van der Waals surface area contributed by atoms with Gasteiger partial charge in [0.25, 0.3) is 5.91 Å². The molecule has 0 radical (unpaired) electrons. The van der Waals surface area contributed by atoms with Gasteiger partial charge in [0, 0.05) is 11.3 Å². The summed E-state index contributed by atoms with van der Waals surface area (Å²) in [6.45, 7) is 2.43. The van der Waals surface area contributed by atoms with Crippen LogP contribution in [0.2, 0.25) is 0 Å². The first-order valence-electron chi connectivity index (χ1n) is 12.6. The highest BCUT2D eigenvalue weighted by Gasteiger charge is 2.21. The number of aromatic nitrogens is 3. The molecule has 0 atom stereocenters. The van der Waals surface area contributed by atoms with Gasteiger partial charge in [-0.15, -0.1) is 10.2 Å². The number of hydrogen-bond donors (Lipinski definition) is 1. The van der Waals surface area contributed by atoms with E-state index < -0.39 is 0 Å². The number of carbonyl (C=O) groups is 1. The molecule has 0 bridgehead atoms. The van der Waals surface area contributed by atoms with Gasteiger partial charge in [-0.25, -0.2) is 5.43 Å². The van der Waals surface area contributed by atoms with Crippen molar-refractivity contribution in [3.8, 4) is 45.8 Å². The Hall–Kier alpha value is -4.71. The Morgan fingerprint density at radius 2 is 1.61 bits per heavy atom. The van der Waals surface area contributed by atoms with Crippen LogP contribution in [0.15, 0.2) is 70.9 Å². The van der Waals surface area contributed by atoms with Crippen molar-refractivity contribution in [2.45, 2.75) is 12.1 Å². The fourth-order valence-electron chi connectivity index (χ4n) is 3.95. The summed E-state index contributed by atoms with van der Waals surface area (Å²) in [6.07, 6.45) is 1.54. The van der Waals surface area contributed by atoms with E-state index in [1.165, 1.54) is 18.0 Å². The van der Waals surface area contributed by atoms with Gasteiger partial charge < -0.3 is 23.7 Å². The van der Waals surface area contributed by atoms with Crippen LogP contribution in [0, 0.1) is 0 Å². The summed E-state index contributed by atoms with van der Waals surface area (Å²) >= 11 is 1.23. The van der Waals surface area contributed by atoms with E-state index in [4.69, 9.17) is 23.7 Å². The molecule has 4 aromatic rings. The lowest BCUT2D eigenvalue weighted by atomic mass is 10.1. The van der Waals surface area contributed by atoms with Crippen LogP contribution in [0.4, 0.5) is 0 Å². The second-order valence-corrected chi connectivity index (χ2v) is 9.26. The van der Waals surface area contributed by atoms with Gasteiger partial charge in [-0.1, -0.05) is 30.0 Å². The van der Waals surface area contributed by atoms with Gasteiger partial charge in [0.05, 0.1) is 47.0 Å². The molecule has 1 N–H and O–H groups in total. The number of nitrogens with one attached hydrogen (secondary N) is 1. The van der Waals surface area contributed by atoms with Crippen molar-refractivity contribution in [3.63, 3.8) is 0 Å². The number of benzene rings is 3. The predicted octanol–water partition coefficient (Wildman–Crippen LogP) is 4.61. The molecule has 12 heteroatoms. The lowest BCUT2D eigenvalue weighted by Gasteiger charge is -2.15. The lowest BCUT2D eigenvalue weighted by molar-refractivity contribution is -0.118. The van der Waals surface area contributed by atoms with E-state index >= 15 is 0 Å². The molecule has 1 amide bonds. The maximum atomic E-state index is 12.6. The molecule has 0 saturated heterocycles. The van der Waals surface area contributed by atoms with Gasteiger partial charge in [-0.3, -0.25) is 9.36 Å². The predicted molar refractivity (Wildman–Crippen MR) is 157 cm³/mol. The molecule has 0 aliphatic rings. The molecule has 41 heavy (non-hydrogen) atoms. The Kier molecular flexibility index (Phi) is 10.1. The lowest BCUT2D eigenvalue weighted by Crippen LogP contribution is -2.20. The Balaban J connectivity index is 1.54. The van der Waals surface area contributed by atoms with Gasteiger partial charge >= 0.3 is 0 Å². The van der Waals surface area contributed by atoms with Gasteiger partial charge in [-0.05, 0) is 55.0 Å². The third-order valence-electron chi connectivity index (χ3n) is 5.79. The minimum absolute atomic E-state index is 0.0597. The van der Waals surface area contributed by atoms with Crippen molar-refractivity contribution < 1.29 is 28.5 Å². The van der Waals surface area contributed by atoms with Crippen LogP contribution < -0.4 is 29.1 Å². The Morgan fingerprint density at radius 1 is 0.902 bits per heavy atom. The van der Waals surface area contributed by atoms with E-state index in [9.17, 15) is 4.79 Å². The zero-order chi connectivity index (χ0) is 29.2. The number of ether oxygens (including phenoxy) is 5. The van der Waals surface area contributed by atoms with E-state index in [1.807, 2.05) is 47.9 Å². The molecule has 0 saturated carbocycles. The summed E-state index contributed by atoms with van der Waals surface area (Å²) in [6, 6.07) is 18.6. The van der Waals surface area contributed by atoms with Crippen molar-refractivity contribution >= 4 is 23.9 Å². The summed E-state index contributed by atoms with van der Waals surface area (Å²) in [5.74, 6) is 2.97. The highest BCUT2D eigenvalue weighted by molar-refractivity contribution is 7.99. The van der Waals surface area contributed by atoms with Gasteiger partial charge in [0.1, 0.15) is 0 Å². The maximum Gasteiger partial charge on any atom is 0.250 e. The standard InChI is InChI=1S/C29H31N5O6S/c1-6-40-22-13-12-19(14-23(22)36-2)17-30-31-26(35)18-41-29-33-32-28(34(29)21-10-8-7-9-11-21)20-15-24(37-3)27(39-5)25(16-20)38-4/h7-17H,6,18H2,1-5H3,(H,31,35)/b30-17-. The molecule has 1 aromatic heterocycles. The van der Waals surface area contributed by atoms with Gasteiger partial charge in [-0.2, -0.15) is 5.10 Å². The summed E-state index contributed by atoms with van der Waals surface area (Å²) in [5, 5.41) is 13.4. The molecular weight excluding hydrogens is 546 g/mol. The minimum Gasteiger partial charge on any atom is -0.493 e.